The highest BCUT2D eigenvalue weighted by Crippen LogP contribution is 2.44. The first-order valence-electron chi connectivity index (χ1n) is 20.5. The molecule has 61 heavy (non-hydrogen) atoms. The van der Waals surface area contributed by atoms with Crippen LogP contribution in [0.2, 0.25) is 10.0 Å². The molecule has 0 bridgehead atoms. The quantitative estimate of drug-likeness (QED) is 0.0942. The fraction of sp³-hybridized carbons (Fsp3) is 0.333. The Labute approximate surface area is 366 Å². The van der Waals surface area contributed by atoms with Crippen LogP contribution < -0.4 is 19.5 Å². The SMILES string of the molecule is Cc1c(COc2cc(OCc3cncc(C#N)c3)c(CNC3(c4ncon4)CC(OCc4ccccc4)C3)cc2Cl)cccc1-c1cccc(OCC2CCCN(C)C2)c1Cl. The zero-order chi connectivity index (χ0) is 42.2. The average Bonchev–Trinajstić information content (AvgIpc) is 3.81. The third-order valence-corrected chi connectivity index (χ3v) is 12.3. The molecule has 0 amide bonds. The number of nitriles is 1. The summed E-state index contributed by atoms with van der Waals surface area (Å²) in [6, 6.07) is 29.7. The smallest absolute Gasteiger partial charge is 0.213 e. The number of likely N-dealkylation sites (tertiary alicyclic amines) is 1. The van der Waals surface area contributed by atoms with Crippen LogP contribution in [0.25, 0.3) is 11.1 Å². The van der Waals surface area contributed by atoms with Crippen molar-refractivity contribution in [2.24, 2.45) is 5.92 Å². The van der Waals surface area contributed by atoms with Gasteiger partial charge in [0.15, 0.2) is 5.82 Å². The number of hydrogen-bond donors (Lipinski definition) is 1. The maximum Gasteiger partial charge on any atom is 0.213 e. The molecule has 3 heterocycles. The van der Waals surface area contributed by atoms with Gasteiger partial charge in [-0.2, -0.15) is 10.2 Å². The molecule has 1 saturated carbocycles. The normalized spacial score (nSPS) is 18.9. The second-order valence-electron chi connectivity index (χ2n) is 16.0. The topological polar surface area (TPSA) is 128 Å². The molecule has 8 rings (SSSR count). The summed E-state index contributed by atoms with van der Waals surface area (Å²) in [7, 11) is 2.16. The Morgan fingerprint density at radius 2 is 1.69 bits per heavy atom. The van der Waals surface area contributed by atoms with Gasteiger partial charge in [-0.15, -0.1) is 0 Å². The van der Waals surface area contributed by atoms with Crippen LogP contribution in [0.1, 0.15) is 64.9 Å². The Kier molecular flexibility index (Phi) is 13.5. The number of rotatable bonds is 17. The van der Waals surface area contributed by atoms with Crippen LogP contribution in [0.15, 0.2) is 108 Å². The van der Waals surface area contributed by atoms with Gasteiger partial charge in [0.05, 0.1) is 40.5 Å². The van der Waals surface area contributed by atoms with Gasteiger partial charge in [-0.05, 0) is 86.7 Å². The first kappa shape index (κ1) is 42.2. The maximum atomic E-state index is 9.47. The molecule has 4 aromatic carbocycles. The molecule has 2 aromatic heterocycles. The molecule has 0 radical (unpaired) electrons. The molecule has 314 valence electrons. The zero-order valence-corrected chi connectivity index (χ0v) is 35.8. The van der Waals surface area contributed by atoms with Gasteiger partial charge in [-0.25, -0.2) is 0 Å². The molecule has 1 aliphatic carbocycles. The third-order valence-electron chi connectivity index (χ3n) is 11.6. The van der Waals surface area contributed by atoms with E-state index in [4.69, 9.17) is 46.7 Å². The van der Waals surface area contributed by atoms with E-state index in [-0.39, 0.29) is 19.3 Å². The molecule has 1 unspecified atom stereocenters. The molecule has 2 fully saturated rings. The van der Waals surface area contributed by atoms with E-state index in [1.54, 1.807) is 12.3 Å². The second kappa shape index (κ2) is 19.5. The van der Waals surface area contributed by atoms with Gasteiger partial charge in [0.1, 0.15) is 36.5 Å². The predicted octanol–water partition coefficient (Wildman–Crippen LogP) is 9.86. The number of piperidine rings is 1. The second-order valence-corrected chi connectivity index (χ2v) is 16.8. The van der Waals surface area contributed by atoms with Gasteiger partial charge in [-0.1, -0.05) is 89.0 Å². The summed E-state index contributed by atoms with van der Waals surface area (Å²) in [6.07, 6.45) is 8.18. The third kappa shape index (κ3) is 10.2. The molecule has 0 spiro atoms. The summed E-state index contributed by atoms with van der Waals surface area (Å²) < 4.78 is 30.6. The van der Waals surface area contributed by atoms with Gasteiger partial charge in [0, 0.05) is 54.2 Å². The van der Waals surface area contributed by atoms with E-state index in [9.17, 15) is 5.26 Å². The van der Waals surface area contributed by atoms with E-state index in [1.807, 2.05) is 60.7 Å². The van der Waals surface area contributed by atoms with Crippen LogP contribution in [0.5, 0.6) is 17.2 Å². The number of nitrogens with zero attached hydrogens (tertiary/aromatic N) is 5. The lowest BCUT2D eigenvalue weighted by atomic mass is 9.73. The molecule has 1 atom stereocenters. The minimum Gasteiger partial charge on any atom is -0.492 e. The fourth-order valence-electron chi connectivity index (χ4n) is 8.16. The average molecular weight is 860 g/mol. The van der Waals surface area contributed by atoms with E-state index in [0.29, 0.717) is 77.2 Å². The lowest BCUT2D eigenvalue weighted by Crippen LogP contribution is -2.56. The van der Waals surface area contributed by atoms with Crippen LogP contribution in [0, 0.1) is 24.2 Å². The number of benzene rings is 4. The van der Waals surface area contributed by atoms with Crippen LogP contribution in [-0.2, 0) is 36.6 Å². The van der Waals surface area contributed by atoms with Crippen molar-refractivity contribution in [2.75, 3.05) is 26.7 Å². The van der Waals surface area contributed by atoms with Gasteiger partial charge < -0.3 is 33.7 Å². The van der Waals surface area contributed by atoms with Gasteiger partial charge >= 0.3 is 0 Å². The van der Waals surface area contributed by atoms with Gasteiger partial charge in [0.25, 0.3) is 0 Å². The molecule has 1 saturated heterocycles. The molecule has 1 N–H and O–H groups in total. The standard InChI is InChI=1S/C48H48Cl2N6O5/c1-32-37(12-6-13-40(32)41-14-7-15-43(46(41)50)58-28-34-11-8-16-56(2)26-34)30-60-45-19-44(59-29-36-17-35(22-51)23-52-24-36)38(18-42(45)49)25-54-48(47-53-31-61-55-47)20-39(21-48)57-27-33-9-4-3-5-10-33/h3-7,9-10,12-15,17-19,23-24,31,34,39,54H,8,11,16,20-21,25-30H2,1-2H3. The Morgan fingerprint density at radius 1 is 0.869 bits per heavy atom. The van der Waals surface area contributed by atoms with Crippen LogP contribution in [0.4, 0.5) is 0 Å². The van der Waals surface area contributed by atoms with Crippen LogP contribution >= 0.6 is 23.2 Å². The Bertz CT molecular complexity index is 2460. The Balaban J connectivity index is 0.993. The van der Waals surface area contributed by atoms with Crippen molar-refractivity contribution in [3.05, 3.63) is 153 Å². The van der Waals surface area contributed by atoms with Crippen LogP contribution in [-0.4, -0.2) is 52.9 Å². The van der Waals surface area contributed by atoms with E-state index in [0.717, 1.165) is 58.5 Å². The monoisotopic (exact) mass is 858 g/mol. The minimum absolute atomic E-state index is 0.00484. The van der Waals surface area contributed by atoms with E-state index in [1.165, 1.54) is 19.0 Å². The van der Waals surface area contributed by atoms with Crippen molar-refractivity contribution < 1.29 is 23.5 Å². The summed E-state index contributed by atoms with van der Waals surface area (Å²) in [5, 5.41) is 18.4. The largest absolute Gasteiger partial charge is 0.492 e. The Hall–Kier alpha value is -5.48. The fourth-order valence-corrected chi connectivity index (χ4v) is 8.68. The highest BCUT2D eigenvalue weighted by molar-refractivity contribution is 6.35. The van der Waals surface area contributed by atoms with Crippen LogP contribution in [0.3, 0.4) is 0 Å². The predicted molar refractivity (Wildman–Crippen MR) is 233 cm³/mol. The first-order chi connectivity index (χ1) is 29.8. The van der Waals surface area contributed by atoms with E-state index >= 15 is 0 Å². The van der Waals surface area contributed by atoms with E-state index in [2.05, 4.69) is 63.6 Å². The van der Waals surface area contributed by atoms with Crippen molar-refractivity contribution in [1.29, 1.82) is 5.26 Å². The lowest BCUT2D eigenvalue weighted by Gasteiger charge is -2.46. The summed E-state index contributed by atoms with van der Waals surface area (Å²) in [5.41, 5.74) is 6.44. The Morgan fingerprint density at radius 3 is 2.49 bits per heavy atom. The molecule has 11 nitrogen and oxygen atoms in total. The molecular formula is C48H48Cl2N6O5. The summed E-state index contributed by atoms with van der Waals surface area (Å²) in [6.45, 7) is 6.17. The van der Waals surface area contributed by atoms with Gasteiger partial charge in [-0.3, -0.25) is 4.98 Å². The number of aromatic nitrogens is 3. The molecule has 1 aliphatic heterocycles. The summed E-state index contributed by atoms with van der Waals surface area (Å²) in [5.74, 6) is 2.74. The van der Waals surface area contributed by atoms with Gasteiger partial charge in [0.2, 0.25) is 6.39 Å². The van der Waals surface area contributed by atoms with Crippen molar-refractivity contribution in [3.63, 3.8) is 0 Å². The van der Waals surface area contributed by atoms with Crippen molar-refractivity contribution in [3.8, 4) is 34.4 Å². The van der Waals surface area contributed by atoms with Crippen molar-refractivity contribution in [2.45, 2.75) is 70.6 Å². The molecular weight excluding hydrogens is 811 g/mol. The lowest BCUT2D eigenvalue weighted by molar-refractivity contribution is -0.0710. The summed E-state index contributed by atoms with van der Waals surface area (Å²) in [4.78, 5) is 11.0. The number of pyridine rings is 1. The minimum atomic E-state index is -0.582. The first-order valence-corrected chi connectivity index (χ1v) is 21.3. The number of halogens is 2. The zero-order valence-electron chi connectivity index (χ0n) is 34.3. The molecule has 6 aromatic rings. The van der Waals surface area contributed by atoms with Crippen molar-refractivity contribution >= 4 is 23.2 Å². The molecule has 13 heteroatoms. The summed E-state index contributed by atoms with van der Waals surface area (Å²) >= 11 is 14.0. The number of nitrogens with one attached hydrogen (secondary N) is 1. The van der Waals surface area contributed by atoms with E-state index < -0.39 is 5.54 Å². The van der Waals surface area contributed by atoms with Crippen molar-refractivity contribution in [1.82, 2.24) is 25.3 Å². The highest BCUT2D eigenvalue weighted by atomic mass is 35.5. The number of hydrogen-bond acceptors (Lipinski definition) is 11. The molecule has 2 aliphatic rings. The maximum absolute atomic E-state index is 9.47. The highest BCUT2D eigenvalue weighted by Gasteiger charge is 2.49. The number of ether oxygens (including phenoxy) is 4.